The molecule has 1 N–H and O–H groups in total. The van der Waals surface area contributed by atoms with Gasteiger partial charge in [0.2, 0.25) is 5.56 Å². The smallest absolute Gasteiger partial charge is 0.250 e. The van der Waals surface area contributed by atoms with Crippen LogP contribution in [-0.2, 0) is 6.54 Å². The summed E-state index contributed by atoms with van der Waals surface area (Å²) in [4.78, 5) is 11.6. The Balaban J connectivity index is 1.19. The average Bonchev–Trinajstić information content (AvgIpc) is 3.21. The minimum Gasteiger partial charge on any atom is -0.316 e. The van der Waals surface area contributed by atoms with E-state index in [0.29, 0.717) is 0 Å². The minimum absolute atomic E-state index is 0.121. The molecule has 3 aliphatic carbocycles. The van der Waals surface area contributed by atoms with Gasteiger partial charge in [-0.25, -0.2) is 0 Å². The summed E-state index contributed by atoms with van der Waals surface area (Å²) in [5.74, 6) is 4.17. The van der Waals surface area contributed by atoms with E-state index in [2.05, 4.69) is 5.32 Å². The third-order valence-electron chi connectivity index (χ3n) is 6.56. The number of unbranched alkanes of at least 4 members (excludes halogenated alkanes) is 1. The Morgan fingerprint density at radius 2 is 2.00 bits per heavy atom. The molecular weight excluding hydrogens is 272 g/mol. The van der Waals surface area contributed by atoms with Gasteiger partial charge in [0, 0.05) is 24.8 Å². The fourth-order valence-electron chi connectivity index (χ4n) is 5.64. The van der Waals surface area contributed by atoms with E-state index in [4.69, 9.17) is 0 Å². The van der Waals surface area contributed by atoms with Gasteiger partial charge < -0.3 is 9.88 Å². The van der Waals surface area contributed by atoms with Gasteiger partial charge in [-0.3, -0.25) is 4.79 Å². The Morgan fingerprint density at radius 3 is 2.91 bits per heavy atom. The molecule has 1 heterocycles. The first kappa shape index (κ1) is 14.5. The molecule has 3 fully saturated rings. The van der Waals surface area contributed by atoms with Crippen molar-refractivity contribution in [3.8, 4) is 0 Å². The van der Waals surface area contributed by atoms with Crippen LogP contribution in [0.2, 0.25) is 0 Å². The van der Waals surface area contributed by atoms with Crippen LogP contribution in [-0.4, -0.2) is 17.2 Å². The summed E-state index contributed by atoms with van der Waals surface area (Å²) in [6, 6.07) is 6.19. The van der Waals surface area contributed by atoms with E-state index in [0.717, 1.165) is 49.2 Å². The molecule has 3 aliphatic rings. The van der Waals surface area contributed by atoms with E-state index in [9.17, 15) is 4.79 Å². The van der Waals surface area contributed by atoms with Gasteiger partial charge in [-0.2, -0.15) is 0 Å². The van der Waals surface area contributed by atoms with Gasteiger partial charge in [-0.05, 0) is 74.8 Å². The predicted molar refractivity (Wildman–Crippen MR) is 88.8 cm³/mol. The van der Waals surface area contributed by atoms with Gasteiger partial charge in [0.1, 0.15) is 0 Å². The van der Waals surface area contributed by atoms with E-state index < -0.39 is 0 Å². The first-order chi connectivity index (χ1) is 10.8. The topological polar surface area (TPSA) is 34.0 Å². The average molecular weight is 300 g/mol. The molecule has 3 saturated carbocycles. The fourth-order valence-corrected chi connectivity index (χ4v) is 5.64. The summed E-state index contributed by atoms with van der Waals surface area (Å²) in [6.07, 6.45) is 11.6. The van der Waals surface area contributed by atoms with Crippen LogP contribution in [0.15, 0.2) is 29.2 Å². The molecule has 3 nitrogen and oxygen atoms in total. The quantitative estimate of drug-likeness (QED) is 0.819. The first-order valence-electron chi connectivity index (χ1n) is 9.22. The second-order valence-electron chi connectivity index (χ2n) is 7.65. The standard InChI is InChI=1S/C19H28N2O/c22-19-8-1-3-10-21(19)11-4-2-9-20-18-13-14-12-17(18)16-7-5-6-15(14)16/h1,3,8,10,14-18,20H,2,4-7,9,11-13H2/t14-,15+,16-,17+,18-/m1/s1. The van der Waals surface area contributed by atoms with Crippen LogP contribution in [0.4, 0.5) is 0 Å². The van der Waals surface area contributed by atoms with E-state index in [-0.39, 0.29) is 5.56 Å². The number of rotatable bonds is 6. The summed E-state index contributed by atoms with van der Waals surface area (Å²) in [7, 11) is 0. The Kier molecular flexibility index (Phi) is 4.08. The van der Waals surface area contributed by atoms with Crippen LogP contribution in [0.25, 0.3) is 0 Å². The Morgan fingerprint density at radius 1 is 1.09 bits per heavy atom. The first-order valence-corrected chi connectivity index (χ1v) is 9.22. The molecule has 1 aromatic rings. The van der Waals surface area contributed by atoms with Gasteiger partial charge in [0.25, 0.3) is 0 Å². The van der Waals surface area contributed by atoms with Crippen LogP contribution >= 0.6 is 0 Å². The van der Waals surface area contributed by atoms with Crippen LogP contribution in [0.3, 0.4) is 0 Å². The van der Waals surface area contributed by atoms with Gasteiger partial charge >= 0.3 is 0 Å². The van der Waals surface area contributed by atoms with Crippen molar-refractivity contribution >= 4 is 0 Å². The molecule has 4 rings (SSSR count). The van der Waals surface area contributed by atoms with Crippen molar-refractivity contribution < 1.29 is 0 Å². The summed E-state index contributed by atoms with van der Waals surface area (Å²) in [5.41, 5.74) is 0.121. The molecule has 120 valence electrons. The Bertz CT molecular complexity index is 567. The third kappa shape index (κ3) is 2.64. The van der Waals surface area contributed by atoms with Crippen molar-refractivity contribution in [3.05, 3.63) is 34.7 Å². The maximum atomic E-state index is 11.6. The SMILES string of the molecule is O=c1ccccn1CCCCN[C@@H]1C[C@H]2C[C@H]1[C@@H]1CCC[C@@H]21. The van der Waals surface area contributed by atoms with Crippen LogP contribution < -0.4 is 10.9 Å². The highest BCUT2D eigenvalue weighted by molar-refractivity contribution is 5.05. The molecule has 3 heteroatoms. The highest BCUT2D eigenvalue weighted by Crippen LogP contribution is 2.58. The zero-order valence-corrected chi connectivity index (χ0v) is 13.4. The monoisotopic (exact) mass is 300 g/mol. The number of nitrogens with zero attached hydrogens (tertiary/aromatic N) is 1. The minimum atomic E-state index is 0.121. The van der Waals surface area contributed by atoms with Crippen molar-refractivity contribution in [2.24, 2.45) is 23.7 Å². The van der Waals surface area contributed by atoms with Crippen LogP contribution in [0.1, 0.15) is 44.9 Å². The van der Waals surface area contributed by atoms with E-state index in [1.165, 1.54) is 38.5 Å². The molecule has 1 aromatic heterocycles. The second-order valence-corrected chi connectivity index (χ2v) is 7.65. The molecule has 5 atom stereocenters. The number of aryl methyl sites for hydroxylation is 1. The molecule has 0 unspecified atom stereocenters. The molecular formula is C19H28N2O. The lowest BCUT2D eigenvalue weighted by molar-refractivity contribution is 0.208. The summed E-state index contributed by atoms with van der Waals surface area (Å²) >= 11 is 0. The maximum Gasteiger partial charge on any atom is 0.250 e. The highest BCUT2D eigenvalue weighted by Gasteiger charge is 2.53. The lowest BCUT2D eigenvalue weighted by Gasteiger charge is -2.32. The van der Waals surface area contributed by atoms with Crippen molar-refractivity contribution in [1.29, 1.82) is 0 Å². The summed E-state index contributed by atoms with van der Waals surface area (Å²) in [5, 5.41) is 3.84. The highest BCUT2D eigenvalue weighted by atomic mass is 16.1. The number of pyridine rings is 1. The second kappa shape index (κ2) is 6.19. The molecule has 0 amide bonds. The molecule has 0 aliphatic heterocycles. The van der Waals surface area contributed by atoms with Gasteiger partial charge in [-0.15, -0.1) is 0 Å². The zero-order valence-electron chi connectivity index (χ0n) is 13.4. The fraction of sp³-hybridized carbons (Fsp3) is 0.737. The third-order valence-corrected chi connectivity index (χ3v) is 6.56. The summed E-state index contributed by atoms with van der Waals surface area (Å²) < 4.78 is 1.82. The molecule has 0 radical (unpaired) electrons. The van der Waals surface area contributed by atoms with Crippen molar-refractivity contribution in [3.63, 3.8) is 0 Å². The van der Waals surface area contributed by atoms with Crippen molar-refractivity contribution in [2.75, 3.05) is 6.54 Å². The van der Waals surface area contributed by atoms with Crippen LogP contribution in [0.5, 0.6) is 0 Å². The van der Waals surface area contributed by atoms with Crippen molar-refractivity contribution in [1.82, 2.24) is 9.88 Å². The summed E-state index contributed by atoms with van der Waals surface area (Å²) in [6.45, 7) is 1.97. The zero-order chi connectivity index (χ0) is 14.9. The van der Waals surface area contributed by atoms with E-state index >= 15 is 0 Å². The molecule has 0 saturated heterocycles. The van der Waals surface area contributed by atoms with E-state index in [1.807, 2.05) is 22.9 Å². The molecule has 0 aromatic carbocycles. The van der Waals surface area contributed by atoms with Crippen LogP contribution in [0, 0.1) is 23.7 Å². The van der Waals surface area contributed by atoms with Gasteiger partial charge in [0.15, 0.2) is 0 Å². The number of aromatic nitrogens is 1. The lowest BCUT2D eigenvalue weighted by atomic mass is 9.79. The number of hydrogen-bond donors (Lipinski definition) is 1. The number of nitrogens with one attached hydrogen (secondary N) is 1. The molecule has 22 heavy (non-hydrogen) atoms. The number of fused-ring (bicyclic) bond motifs is 5. The maximum absolute atomic E-state index is 11.6. The predicted octanol–water partition coefficient (Wildman–Crippen LogP) is 3.04. The number of hydrogen-bond acceptors (Lipinski definition) is 2. The lowest BCUT2D eigenvalue weighted by Crippen LogP contribution is -2.39. The molecule has 2 bridgehead atoms. The normalized spacial score (nSPS) is 35.9. The Hall–Kier alpha value is -1.09. The Labute approximate surface area is 133 Å². The molecule has 0 spiro atoms. The van der Waals surface area contributed by atoms with Crippen molar-refractivity contribution in [2.45, 2.75) is 57.5 Å². The largest absolute Gasteiger partial charge is 0.316 e. The van der Waals surface area contributed by atoms with Gasteiger partial charge in [-0.1, -0.05) is 12.5 Å². The van der Waals surface area contributed by atoms with E-state index in [1.54, 1.807) is 6.07 Å². The van der Waals surface area contributed by atoms with Gasteiger partial charge in [0.05, 0.1) is 0 Å².